The average Bonchev–Trinajstić information content (AvgIpc) is 3.31. The third-order valence-corrected chi connectivity index (χ3v) is 5.99. The highest BCUT2D eigenvalue weighted by Crippen LogP contribution is 2.32. The van der Waals surface area contributed by atoms with Gasteiger partial charge in [-0.25, -0.2) is 0 Å². The molecule has 0 N–H and O–H groups in total. The Morgan fingerprint density at radius 3 is 2.47 bits per heavy atom. The van der Waals surface area contributed by atoms with Gasteiger partial charge in [0.25, 0.3) is 11.8 Å². The van der Waals surface area contributed by atoms with Crippen LogP contribution in [0.3, 0.4) is 0 Å². The first-order valence-corrected chi connectivity index (χ1v) is 11.0. The SMILES string of the molecule is COc1ccc(CCN2C(=O)C(C#N)=C(C)/C(=C\c3ccc(-c4ccccc4Cl)o3)C2=O)cc1. The standard InChI is InChI=1S/C27H21ClN2O4/c1-17-22(15-20-11-12-25(34-20)21-5-3-4-6-24(21)28)26(31)30(27(32)23(17)16-29)14-13-18-7-9-19(33-2)10-8-18/h3-12,15H,13-14H2,1-2H3/b22-15+. The van der Waals surface area contributed by atoms with Gasteiger partial charge in [0.2, 0.25) is 0 Å². The van der Waals surface area contributed by atoms with E-state index in [4.69, 9.17) is 20.8 Å². The summed E-state index contributed by atoms with van der Waals surface area (Å²) in [5, 5.41) is 10.1. The van der Waals surface area contributed by atoms with Gasteiger partial charge in [-0.3, -0.25) is 14.5 Å². The molecule has 0 atom stereocenters. The van der Waals surface area contributed by atoms with Crippen LogP contribution in [0.2, 0.25) is 5.02 Å². The second kappa shape index (κ2) is 9.82. The highest BCUT2D eigenvalue weighted by Gasteiger charge is 2.35. The zero-order valence-corrected chi connectivity index (χ0v) is 19.4. The molecule has 2 amide bonds. The Hall–Kier alpha value is -4.08. The van der Waals surface area contributed by atoms with Crippen molar-refractivity contribution in [3.63, 3.8) is 0 Å². The van der Waals surface area contributed by atoms with Crippen molar-refractivity contribution >= 4 is 29.5 Å². The number of imide groups is 1. The summed E-state index contributed by atoms with van der Waals surface area (Å²) in [4.78, 5) is 27.2. The predicted molar refractivity (Wildman–Crippen MR) is 129 cm³/mol. The van der Waals surface area contributed by atoms with E-state index in [0.29, 0.717) is 28.5 Å². The Kier molecular flexibility index (Phi) is 6.67. The summed E-state index contributed by atoms with van der Waals surface area (Å²) >= 11 is 6.26. The summed E-state index contributed by atoms with van der Waals surface area (Å²) in [5.41, 5.74) is 2.18. The summed E-state index contributed by atoms with van der Waals surface area (Å²) in [6, 6.07) is 20.1. The Bertz CT molecular complexity index is 1360. The van der Waals surface area contributed by atoms with E-state index in [2.05, 4.69) is 0 Å². The average molecular weight is 473 g/mol. The number of carbonyl (C=O) groups is 2. The first-order valence-electron chi connectivity index (χ1n) is 10.6. The van der Waals surface area contributed by atoms with Gasteiger partial charge >= 0.3 is 0 Å². The molecule has 0 fully saturated rings. The van der Waals surface area contributed by atoms with Gasteiger partial charge in [-0.15, -0.1) is 0 Å². The summed E-state index contributed by atoms with van der Waals surface area (Å²) in [6.45, 7) is 1.74. The van der Waals surface area contributed by atoms with E-state index in [0.717, 1.165) is 21.8 Å². The molecule has 1 aliphatic heterocycles. The molecule has 2 heterocycles. The fourth-order valence-corrected chi connectivity index (χ4v) is 3.97. The zero-order valence-electron chi connectivity index (χ0n) is 18.7. The summed E-state index contributed by atoms with van der Waals surface area (Å²) in [7, 11) is 1.59. The van der Waals surface area contributed by atoms with E-state index in [-0.39, 0.29) is 17.7 Å². The predicted octanol–water partition coefficient (Wildman–Crippen LogP) is 5.44. The topological polar surface area (TPSA) is 83.5 Å². The number of rotatable bonds is 6. The Morgan fingerprint density at radius 1 is 1.06 bits per heavy atom. The Balaban J connectivity index is 1.63. The Morgan fingerprint density at radius 2 is 1.79 bits per heavy atom. The number of amides is 2. The molecule has 3 aromatic rings. The summed E-state index contributed by atoms with van der Waals surface area (Å²) in [5.74, 6) is 0.631. The molecule has 0 bridgehead atoms. The van der Waals surface area contributed by atoms with Crippen molar-refractivity contribution in [2.45, 2.75) is 13.3 Å². The highest BCUT2D eigenvalue weighted by atomic mass is 35.5. The van der Waals surface area contributed by atoms with Crippen LogP contribution in [0.4, 0.5) is 0 Å². The van der Waals surface area contributed by atoms with Crippen molar-refractivity contribution in [3.05, 3.63) is 93.7 Å². The molecule has 0 saturated heterocycles. The largest absolute Gasteiger partial charge is 0.497 e. The molecule has 34 heavy (non-hydrogen) atoms. The van der Waals surface area contributed by atoms with E-state index in [1.807, 2.05) is 48.5 Å². The molecular formula is C27H21ClN2O4. The van der Waals surface area contributed by atoms with Gasteiger partial charge in [0.05, 0.1) is 12.1 Å². The quantitative estimate of drug-likeness (QED) is 0.352. The molecule has 0 unspecified atom stereocenters. The molecule has 170 valence electrons. The minimum atomic E-state index is -0.591. The van der Waals surface area contributed by atoms with Crippen molar-refractivity contribution in [3.8, 4) is 23.1 Å². The number of hydrogen-bond donors (Lipinski definition) is 0. The number of hydrogen-bond acceptors (Lipinski definition) is 5. The van der Waals surface area contributed by atoms with Crippen LogP contribution in [-0.4, -0.2) is 30.4 Å². The first-order chi connectivity index (χ1) is 16.4. The van der Waals surface area contributed by atoms with Crippen LogP contribution in [0.1, 0.15) is 18.2 Å². The minimum Gasteiger partial charge on any atom is -0.497 e. The molecular weight excluding hydrogens is 452 g/mol. The van der Waals surface area contributed by atoms with E-state index >= 15 is 0 Å². The fourth-order valence-electron chi connectivity index (χ4n) is 3.74. The van der Waals surface area contributed by atoms with Crippen LogP contribution in [0.15, 0.2) is 81.8 Å². The lowest BCUT2D eigenvalue weighted by molar-refractivity contribution is -0.140. The van der Waals surface area contributed by atoms with Gasteiger partial charge in [-0.05, 0) is 67.0 Å². The number of ether oxygens (including phenoxy) is 1. The lowest BCUT2D eigenvalue weighted by atomic mass is 9.94. The van der Waals surface area contributed by atoms with Crippen LogP contribution in [-0.2, 0) is 16.0 Å². The van der Waals surface area contributed by atoms with Crippen molar-refractivity contribution in [2.75, 3.05) is 13.7 Å². The smallest absolute Gasteiger partial charge is 0.271 e. The maximum atomic E-state index is 13.3. The number of furan rings is 1. The molecule has 0 spiro atoms. The van der Waals surface area contributed by atoms with Crippen LogP contribution in [0, 0.1) is 11.3 Å². The van der Waals surface area contributed by atoms with Crippen molar-refractivity contribution < 1.29 is 18.7 Å². The van der Waals surface area contributed by atoms with Gasteiger partial charge in [-0.1, -0.05) is 35.9 Å². The van der Waals surface area contributed by atoms with Crippen molar-refractivity contribution in [1.29, 1.82) is 5.26 Å². The third-order valence-electron chi connectivity index (χ3n) is 5.66. The lowest BCUT2D eigenvalue weighted by Crippen LogP contribution is -2.43. The van der Waals surface area contributed by atoms with E-state index in [9.17, 15) is 14.9 Å². The summed E-state index contributed by atoms with van der Waals surface area (Å²) < 4.78 is 11.1. The number of nitriles is 1. The number of nitrogens with zero attached hydrogens (tertiary/aromatic N) is 2. The molecule has 0 radical (unpaired) electrons. The highest BCUT2D eigenvalue weighted by molar-refractivity contribution is 6.33. The summed E-state index contributed by atoms with van der Waals surface area (Å²) in [6.07, 6.45) is 2.01. The number of benzene rings is 2. The van der Waals surface area contributed by atoms with Gasteiger partial charge < -0.3 is 9.15 Å². The maximum absolute atomic E-state index is 13.3. The molecule has 6 nitrogen and oxygen atoms in total. The molecule has 7 heteroatoms. The lowest BCUT2D eigenvalue weighted by Gasteiger charge is -2.27. The van der Waals surface area contributed by atoms with Crippen LogP contribution in [0.25, 0.3) is 17.4 Å². The van der Waals surface area contributed by atoms with E-state index in [1.165, 1.54) is 0 Å². The molecule has 0 aliphatic carbocycles. The van der Waals surface area contributed by atoms with E-state index < -0.39 is 11.8 Å². The van der Waals surface area contributed by atoms with Gasteiger partial charge in [-0.2, -0.15) is 5.26 Å². The monoisotopic (exact) mass is 472 g/mol. The van der Waals surface area contributed by atoms with Crippen LogP contribution >= 0.6 is 11.6 Å². The van der Waals surface area contributed by atoms with Crippen LogP contribution < -0.4 is 4.74 Å². The van der Waals surface area contributed by atoms with Crippen molar-refractivity contribution in [2.24, 2.45) is 0 Å². The Labute approximate surface area is 202 Å². The molecule has 2 aromatic carbocycles. The normalized spacial score (nSPS) is 15.1. The minimum absolute atomic E-state index is 0.0570. The zero-order chi connectivity index (χ0) is 24.2. The second-order valence-electron chi connectivity index (χ2n) is 7.71. The molecule has 0 saturated carbocycles. The third kappa shape index (κ3) is 4.52. The van der Waals surface area contributed by atoms with Gasteiger partial charge in [0.15, 0.2) is 0 Å². The molecule has 1 aliphatic rings. The number of carbonyl (C=O) groups excluding carboxylic acids is 2. The van der Waals surface area contributed by atoms with Gasteiger partial charge in [0, 0.05) is 17.7 Å². The molecule has 4 rings (SSSR count). The maximum Gasteiger partial charge on any atom is 0.271 e. The van der Waals surface area contributed by atoms with Crippen LogP contribution in [0.5, 0.6) is 5.75 Å². The fraction of sp³-hybridized carbons (Fsp3) is 0.148. The first kappa shape index (κ1) is 23.1. The van der Waals surface area contributed by atoms with E-state index in [1.54, 1.807) is 38.3 Å². The number of halogens is 1. The molecule has 1 aromatic heterocycles. The van der Waals surface area contributed by atoms with Gasteiger partial charge in [0.1, 0.15) is 28.9 Å². The number of methoxy groups -OCH3 is 1. The van der Waals surface area contributed by atoms with Crippen molar-refractivity contribution in [1.82, 2.24) is 4.90 Å². The second-order valence-corrected chi connectivity index (χ2v) is 8.12.